The predicted octanol–water partition coefficient (Wildman–Crippen LogP) is 4.77. The number of thioether (sulfide) groups is 1. The van der Waals surface area contributed by atoms with Gasteiger partial charge < -0.3 is 4.74 Å². The van der Waals surface area contributed by atoms with Crippen LogP contribution in [0.15, 0.2) is 11.8 Å². The molecule has 1 atom stereocenters. The normalized spacial score (nSPS) is 30.1. The second-order valence-electron chi connectivity index (χ2n) is 5.92. The summed E-state index contributed by atoms with van der Waals surface area (Å²) in [6.45, 7) is 3.34. The SMILES string of the molecule is CC1(CCOC=C2CCCCC2)CCCSC1. The Kier molecular flexibility index (Phi) is 5.27. The smallest absolute Gasteiger partial charge is 0.0878 e. The Labute approximate surface area is 110 Å². The van der Waals surface area contributed by atoms with Gasteiger partial charge in [-0.1, -0.05) is 13.3 Å². The molecular formula is C15H26OS. The Bertz CT molecular complexity index is 246. The summed E-state index contributed by atoms with van der Waals surface area (Å²) >= 11 is 2.12. The van der Waals surface area contributed by atoms with E-state index in [1.165, 1.54) is 62.9 Å². The first-order valence-corrected chi connectivity index (χ1v) is 8.31. The van der Waals surface area contributed by atoms with E-state index in [1.54, 1.807) is 5.57 Å². The monoisotopic (exact) mass is 254 g/mol. The van der Waals surface area contributed by atoms with Crippen LogP contribution in [0.1, 0.15) is 58.3 Å². The van der Waals surface area contributed by atoms with Gasteiger partial charge in [0.05, 0.1) is 12.9 Å². The molecule has 0 bridgehead atoms. The van der Waals surface area contributed by atoms with E-state index in [0.717, 1.165) is 6.61 Å². The number of rotatable bonds is 4. The fourth-order valence-corrected chi connectivity index (χ4v) is 4.07. The van der Waals surface area contributed by atoms with Crippen molar-refractivity contribution in [3.05, 3.63) is 11.8 Å². The van der Waals surface area contributed by atoms with E-state index in [4.69, 9.17) is 4.74 Å². The summed E-state index contributed by atoms with van der Waals surface area (Å²) in [5.74, 6) is 2.69. The van der Waals surface area contributed by atoms with Crippen LogP contribution in [-0.4, -0.2) is 18.1 Å². The fourth-order valence-electron chi connectivity index (χ4n) is 2.79. The summed E-state index contributed by atoms with van der Waals surface area (Å²) in [5.41, 5.74) is 2.08. The molecule has 1 saturated heterocycles. The average molecular weight is 254 g/mol. The van der Waals surface area contributed by atoms with Gasteiger partial charge in [-0.25, -0.2) is 0 Å². The van der Waals surface area contributed by atoms with Gasteiger partial charge >= 0.3 is 0 Å². The van der Waals surface area contributed by atoms with Gasteiger partial charge in [0.2, 0.25) is 0 Å². The van der Waals surface area contributed by atoms with Crippen LogP contribution in [0.3, 0.4) is 0 Å². The molecule has 0 aromatic heterocycles. The standard InChI is InChI=1S/C15H26OS/c1-15(8-5-11-17-13-15)9-10-16-12-14-6-3-2-4-7-14/h12H,2-11,13H2,1H3. The van der Waals surface area contributed by atoms with Gasteiger partial charge in [-0.05, 0) is 67.4 Å². The molecule has 17 heavy (non-hydrogen) atoms. The molecule has 0 amide bonds. The van der Waals surface area contributed by atoms with E-state index in [1.807, 2.05) is 0 Å². The van der Waals surface area contributed by atoms with Gasteiger partial charge in [-0.3, -0.25) is 0 Å². The van der Waals surface area contributed by atoms with Crippen LogP contribution in [0.5, 0.6) is 0 Å². The molecule has 0 spiro atoms. The number of hydrogen-bond acceptors (Lipinski definition) is 2. The van der Waals surface area contributed by atoms with Crippen molar-refractivity contribution in [1.82, 2.24) is 0 Å². The van der Waals surface area contributed by atoms with E-state index in [9.17, 15) is 0 Å². The Morgan fingerprint density at radius 1 is 1.24 bits per heavy atom. The minimum atomic E-state index is 0.536. The Morgan fingerprint density at radius 3 is 2.76 bits per heavy atom. The third-order valence-corrected chi connectivity index (χ3v) is 5.57. The zero-order valence-corrected chi connectivity index (χ0v) is 12.0. The van der Waals surface area contributed by atoms with Crippen molar-refractivity contribution in [1.29, 1.82) is 0 Å². The quantitative estimate of drug-likeness (QED) is 0.528. The maximum Gasteiger partial charge on any atom is 0.0878 e. The summed E-state index contributed by atoms with van der Waals surface area (Å²) in [6, 6.07) is 0. The lowest BCUT2D eigenvalue weighted by Crippen LogP contribution is -2.25. The molecule has 0 aromatic rings. The minimum absolute atomic E-state index is 0.536. The lowest BCUT2D eigenvalue weighted by Gasteiger charge is -2.32. The first kappa shape index (κ1) is 13.3. The maximum atomic E-state index is 5.77. The van der Waals surface area contributed by atoms with Crippen LogP contribution < -0.4 is 0 Å². The lowest BCUT2D eigenvalue weighted by molar-refractivity contribution is 0.177. The topological polar surface area (TPSA) is 9.23 Å². The van der Waals surface area contributed by atoms with Crippen LogP contribution in [0, 0.1) is 5.41 Å². The second-order valence-corrected chi connectivity index (χ2v) is 7.03. The van der Waals surface area contributed by atoms with E-state index in [0.29, 0.717) is 5.41 Å². The van der Waals surface area contributed by atoms with Crippen LogP contribution >= 0.6 is 11.8 Å². The van der Waals surface area contributed by atoms with Crippen molar-refractivity contribution in [3.63, 3.8) is 0 Å². The molecule has 1 nitrogen and oxygen atoms in total. The molecular weight excluding hydrogens is 228 g/mol. The van der Waals surface area contributed by atoms with Gasteiger partial charge in [-0.15, -0.1) is 0 Å². The summed E-state index contributed by atoms with van der Waals surface area (Å²) in [6.07, 6.45) is 12.8. The van der Waals surface area contributed by atoms with Gasteiger partial charge in [0, 0.05) is 0 Å². The first-order valence-electron chi connectivity index (χ1n) is 7.16. The third-order valence-electron chi connectivity index (χ3n) is 4.09. The molecule has 2 aliphatic rings. The number of hydrogen-bond donors (Lipinski definition) is 0. The average Bonchev–Trinajstić information content (AvgIpc) is 2.37. The van der Waals surface area contributed by atoms with Gasteiger partial charge in [0.25, 0.3) is 0 Å². The van der Waals surface area contributed by atoms with E-state index in [-0.39, 0.29) is 0 Å². The van der Waals surface area contributed by atoms with Crippen molar-refractivity contribution in [2.75, 3.05) is 18.1 Å². The highest BCUT2D eigenvalue weighted by atomic mass is 32.2. The summed E-state index contributed by atoms with van der Waals surface area (Å²) in [7, 11) is 0. The number of allylic oxidation sites excluding steroid dienone is 1. The molecule has 1 heterocycles. The zero-order valence-electron chi connectivity index (χ0n) is 11.2. The fraction of sp³-hybridized carbons (Fsp3) is 0.867. The van der Waals surface area contributed by atoms with Crippen molar-refractivity contribution in [2.45, 2.75) is 58.3 Å². The Hall–Kier alpha value is -0.110. The molecule has 2 fully saturated rings. The van der Waals surface area contributed by atoms with Gasteiger partial charge in [0.15, 0.2) is 0 Å². The summed E-state index contributed by atoms with van der Waals surface area (Å²) < 4.78 is 5.77. The highest BCUT2D eigenvalue weighted by Gasteiger charge is 2.26. The van der Waals surface area contributed by atoms with E-state index >= 15 is 0 Å². The van der Waals surface area contributed by atoms with Gasteiger partial charge in [0.1, 0.15) is 0 Å². The van der Waals surface area contributed by atoms with Crippen LogP contribution in [-0.2, 0) is 4.74 Å². The highest BCUT2D eigenvalue weighted by molar-refractivity contribution is 7.99. The van der Waals surface area contributed by atoms with Crippen LogP contribution in [0.25, 0.3) is 0 Å². The molecule has 2 rings (SSSR count). The van der Waals surface area contributed by atoms with Crippen LogP contribution in [0.2, 0.25) is 0 Å². The molecule has 1 aliphatic heterocycles. The van der Waals surface area contributed by atoms with Crippen molar-refractivity contribution in [2.24, 2.45) is 5.41 Å². The van der Waals surface area contributed by atoms with Crippen molar-refractivity contribution >= 4 is 11.8 Å². The zero-order chi connectivity index (χ0) is 12.0. The largest absolute Gasteiger partial charge is 0.501 e. The summed E-state index contributed by atoms with van der Waals surface area (Å²) in [4.78, 5) is 0. The molecule has 98 valence electrons. The van der Waals surface area contributed by atoms with Crippen LogP contribution in [0.4, 0.5) is 0 Å². The number of ether oxygens (including phenoxy) is 1. The van der Waals surface area contributed by atoms with Crippen molar-refractivity contribution in [3.8, 4) is 0 Å². The van der Waals surface area contributed by atoms with Gasteiger partial charge in [-0.2, -0.15) is 11.8 Å². The molecule has 1 aliphatic carbocycles. The molecule has 0 aromatic carbocycles. The van der Waals surface area contributed by atoms with E-state index in [2.05, 4.69) is 24.9 Å². The van der Waals surface area contributed by atoms with E-state index < -0.39 is 0 Å². The third kappa shape index (κ3) is 4.57. The molecule has 0 radical (unpaired) electrons. The molecule has 1 unspecified atom stereocenters. The maximum absolute atomic E-state index is 5.77. The second kappa shape index (κ2) is 6.72. The molecule has 2 heteroatoms. The molecule has 0 N–H and O–H groups in total. The first-order chi connectivity index (χ1) is 8.29. The highest BCUT2D eigenvalue weighted by Crippen LogP contribution is 2.36. The summed E-state index contributed by atoms with van der Waals surface area (Å²) in [5, 5.41) is 0. The minimum Gasteiger partial charge on any atom is -0.501 e. The van der Waals surface area contributed by atoms with Crippen molar-refractivity contribution < 1.29 is 4.74 Å². The predicted molar refractivity (Wildman–Crippen MR) is 76.4 cm³/mol. The lowest BCUT2D eigenvalue weighted by atomic mass is 9.84. The Morgan fingerprint density at radius 2 is 2.06 bits per heavy atom. The Balaban J connectivity index is 1.64. The molecule has 1 saturated carbocycles.